The number of nitrogens with zero attached hydrogens (tertiary/aromatic N) is 3. The molecule has 1 aromatic carbocycles. The van der Waals surface area contributed by atoms with Gasteiger partial charge in [0.1, 0.15) is 17.2 Å². The van der Waals surface area contributed by atoms with E-state index in [0.29, 0.717) is 11.3 Å². The molecule has 2 aromatic rings. The van der Waals surface area contributed by atoms with Crippen molar-refractivity contribution in [1.82, 2.24) is 9.97 Å². The molecule has 0 fully saturated rings. The number of ether oxygens (including phenoxy) is 1. The summed E-state index contributed by atoms with van der Waals surface area (Å²) in [5.41, 5.74) is 0.524. The molecule has 0 atom stereocenters. The molecule has 0 bridgehead atoms. The van der Waals surface area contributed by atoms with Crippen LogP contribution in [0.4, 0.5) is 5.69 Å². The summed E-state index contributed by atoms with van der Waals surface area (Å²) in [5, 5.41) is 10.9. The Labute approximate surface area is 107 Å². The van der Waals surface area contributed by atoms with Gasteiger partial charge in [0.2, 0.25) is 5.88 Å². The summed E-state index contributed by atoms with van der Waals surface area (Å²) in [6.45, 7) is 1.70. The third kappa shape index (κ3) is 2.54. The quantitative estimate of drug-likeness (QED) is 0.484. The number of non-ortho nitro benzene ring substituents is 1. The molecule has 6 nitrogen and oxygen atoms in total. The molecule has 1 aromatic heterocycles. The molecule has 0 aliphatic rings. The van der Waals surface area contributed by atoms with Crippen molar-refractivity contribution in [3.8, 4) is 11.6 Å². The van der Waals surface area contributed by atoms with Gasteiger partial charge in [-0.3, -0.25) is 10.1 Å². The highest BCUT2D eigenvalue weighted by Gasteiger charge is 2.10. The Bertz CT molecular complexity index is 604. The monoisotopic (exact) mass is 265 g/mol. The molecule has 18 heavy (non-hydrogen) atoms. The molecule has 0 spiro atoms. The number of benzene rings is 1. The average molecular weight is 266 g/mol. The Kier molecular flexibility index (Phi) is 3.38. The van der Waals surface area contributed by atoms with Crippen LogP contribution in [-0.2, 0) is 0 Å². The van der Waals surface area contributed by atoms with Crippen LogP contribution in [0.25, 0.3) is 0 Å². The van der Waals surface area contributed by atoms with E-state index in [0.717, 1.165) is 0 Å². The first-order valence-electron chi connectivity index (χ1n) is 4.97. The summed E-state index contributed by atoms with van der Waals surface area (Å²) >= 11 is 5.82. The molecule has 1 heterocycles. The lowest BCUT2D eigenvalue weighted by Crippen LogP contribution is -1.94. The van der Waals surface area contributed by atoms with Gasteiger partial charge in [0.05, 0.1) is 11.0 Å². The third-order valence-corrected chi connectivity index (χ3v) is 2.60. The van der Waals surface area contributed by atoms with Gasteiger partial charge in [0, 0.05) is 11.6 Å². The fourth-order valence-corrected chi connectivity index (χ4v) is 1.41. The maximum atomic E-state index is 10.6. The van der Waals surface area contributed by atoms with Crippen molar-refractivity contribution in [3.05, 3.63) is 51.4 Å². The van der Waals surface area contributed by atoms with Gasteiger partial charge in [-0.1, -0.05) is 17.7 Å². The number of hydrogen-bond acceptors (Lipinski definition) is 5. The highest BCUT2D eigenvalue weighted by Crippen LogP contribution is 2.27. The molecule has 0 radical (unpaired) electrons. The van der Waals surface area contributed by atoms with Gasteiger partial charge < -0.3 is 4.74 Å². The van der Waals surface area contributed by atoms with Crippen molar-refractivity contribution in [2.24, 2.45) is 0 Å². The van der Waals surface area contributed by atoms with Crippen molar-refractivity contribution in [1.29, 1.82) is 0 Å². The zero-order chi connectivity index (χ0) is 13.1. The summed E-state index contributed by atoms with van der Waals surface area (Å²) in [5.74, 6) is 0.595. The molecule has 92 valence electrons. The largest absolute Gasteiger partial charge is 0.438 e. The Morgan fingerprint density at radius 1 is 1.39 bits per heavy atom. The summed E-state index contributed by atoms with van der Waals surface area (Å²) in [7, 11) is 0. The van der Waals surface area contributed by atoms with E-state index in [4.69, 9.17) is 16.3 Å². The van der Waals surface area contributed by atoms with Crippen LogP contribution < -0.4 is 4.74 Å². The van der Waals surface area contributed by atoms with Gasteiger partial charge in [-0.25, -0.2) is 9.97 Å². The number of halogens is 1. The molecule has 2 rings (SSSR count). The second-order valence-corrected chi connectivity index (χ2v) is 3.81. The maximum absolute atomic E-state index is 10.6. The van der Waals surface area contributed by atoms with E-state index < -0.39 is 4.92 Å². The molecular weight excluding hydrogens is 258 g/mol. The van der Waals surface area contributed by atoms with Crippen LogP contribution in [0.5, 0.6) is 11.6 Å². The van der Waals surface area contributed by atoms with Gasteiger partial charge in [-0.15, -0.1) is 0 Å². The van der Waals surface area contributed by atoms with Crippen LogP contribution in [0.15, 0.2) is 30.6 Å². The molecule has 0 unspecified atom stereocenters. The van der Waals surface area contributed by atoms with E-state index in [1.54, 1.807) is 13.0 Å². The van der Waals surface area contributed by atoms with Gasteiger partial charge in [0.15, 0.2) is 0 Å². The number of hydrogen-bond donors (Lipinski definition) is 0. The predicted molar refractivity (Wildman–Crippen MR) is 64.9 cm³/mol. The lowest BCUT2D eigenvalue weighted by atomic mass is 10.3. The first kappa shape index (κ1) is 12.3. The molecule has 0 amide bonds. The fraction of sp³-hybridized carbons (Fsp3) is 0.0909. The van der Waals surface area contributed by atoms with Gasteiger partial charge in [-0.05, 0) is 13.0 Å². The van der Waals surface area contributed by atoms with Crippen molar-refractivity contribution in [2.45, 2.75) is 6.92 Å². The lowest BCUT2D eigenvalue weighted by molar-refractivity contribution is -0.384. The minimum atomic E-state index is -0.493. The van der Waals surface area contributed by atoms with Gasteiger partial charge in [0.25, 0.3) is 5.69 Å². The first-order chi connectivity index (χ1) is 8.58. The van der Waals surface area contributed by atoms with Crippen LogP contribution >= 0.6 is 11.6 Å². The highest BCUT2D eigenvalue weighted by molar-refractivity contribution is 6.30. The van der Waals surface area contributed by atoms with Crippen molar-refractivity contribution in [3.63, 3.8) is 0 Å². The average Bonchev–Trinajstić information content (AvgIpc) is 2.35. The van der Waals surface area contributed by atoms with E-state index in [9.17, 15) is 10.1 Å². The van der Waals surface area contributed by atoms with Crippen LogP contribution in [0.2, 0.25) is 5.15 Å². The van der Waals surface area contributed by atoms with Crippen molar-refractivity contribution in [2.75, 3.05) is 0 Å². The van der Waals surface area contributed by atoms with E-state index >= 15 is 0 Å². The summed E-state index contributed by atoms with van der Waals surface area (Å²) in [6.07, 6.45) is 1.27. The fourth-order valence-electron chi connectivity index (χ4n) is 1.29. The van der Waals surface area contributed by atoms with Crippen LogP contribution in [0.1, 0.15) is 5.56 Å². The number of rotatable bonds is 3. The molecular formula is C11H8ClN3O3. The zero-order valence-corrected chi connectivity index (χ0v) is 10.1. The van der Waals surface area contributed by atoms with Crippen LogP contribution in [0.3, 0.4) is 0 Å². The minimum absolute atomic E-state index is 0.0506. The standard InChI is InChI=1S/C11H8ClN3O3/c1-7-10(12)13-6-14-11(7)18-9-4-2-3-8(5-9)15(16)17/h2-6H,1H3. The SMILES string of the molecule is Cc1c(Cl)ncnc1Oc1cccc([N+](=O)[O-])c1. The Morgan fingerprint density at radius 3 is 2.89 bits per heavy atom. The summed E-state index contributed by atoms with van der Waals surface area (Å²) in [4.78, 5) is 17.9. The van der Waals surface area contributed by atoms with E-state index in [1.807, 2.05) is 0 Å². The van der Waals surface area contributed by atoms with E-state index in [2.05, 4.69) is 9.97 Å². The Morgan fingerprint density at radius 2 is 2.17 bits per heavy atom. The van der Waals surface area contributed by atoms with Gasteiger partial charge >= 0.3 is 0 Å². The smallest absolute Gasteiger partial charge is 0.273 e. The number of nitro groups is 1. The molecule has 7 heteroatoms. The van der Waals surface area contributed by atoms with E-state index in [1.165, 1.54) is 24.5 Å². The van der Waals surface area contributed by atoms with Crippen LogP contribution in [-0.4, -0.2) is 14.9 Å². The molecule has 0 saturated carbocycles. The second-order valence-electron chi connectivity index (χ2n) is 3.45. The maximum Gasteiger partial charge on any atom is 0.273 e. The van der Waals surface area contributed by atoms with Crippen molar-refractivity contribution >= 4 is 17.3 Å². The molecule has 0 aliphatic heterocycles. The Hall–Kier alpha value is -2.21. The molecule has 0 saturated heterocycles. The summed E-state index contributed by atoms with van der Waals surface area (Å²) < 4.78 is 5.44. The summed E-state index contributed by atoms with van der Waals surface area (Å²) in [6, 6.07) is 5.83. The topological polar surface area (TPSA) is 78.2 Å². The van der Waals surface area contributed by atoms with E-state index in [-0.39, 0.29) is 16.7 Å². The van der Waals surface area contributed by atoms with Crippen molar-refractivity contribution < 1.29 is 9.66 Å². The number of aromatic nitrogens is 2. The second kappa shape index (κ2) is 4.97. The zero-order valence-electron chi connectivity index (χ0n) is 9.33. The highest BCUT2D eigenvalue weighted by atomic mass is 35.5. The van der Waals surface area contributed by atoms with Crippen LogP contribution in [0, 0.1) is 17.0 Å². The third-order valence-electron chi connectivity index (χ3n) is 2.22. The minimum Gasteiger partial charge on any atom is -0.438 e. The number of nitro benzene ring substituents is 1. The van der Waals surface area contributed by atoms with Gasteiger partial charge in [-0.2, -0.15) is 0 Å². The molecule has 0 aliphatic carbocycles. The molecule has 0 N–H and O–H groups in total. The first-order valence-corrected chi connectivity index (χ1v) is 5.35. The normalized spacial score (nSPS) is 10.1. The Balaban J connectivity index is 2.31. The lowest BCUT2D eigenvalue weighted by Gasteiger charge is -2.07. The predicted octanol–water partition coefficient (Wildman–Crippen LogP) is 3.14.